The average Bonchev–Trinajstić information content (AvgIpc) is 2.34. The lowest BCUT2D eigenvalue weighted by Crippen LogP contribution is -2.17. The summed E-state index contributed by atoms with van der Waals surface area (Å²) in [7, 11) is 0.981. The van der Waals surface area contributed by atoms with Crippen LogP contribution in [0.2, 0.25) is 0 Å². The van der Waals surface area contributed by atoms with Gasteiger partial charge < -0.3 is 4.74 Å². The number of benzene rings is 1. The number of hydrogen-bond acceptors (Lipinski definition) is 3. The molecule has 0 spiro atoms. The predicted molar refractivity (Wildman–Crippen MR) is 60.1 cm³/mol. The largest absolute Gasteiger partial charge is 0.465 e. The van der Waals surface area contributed by atoms with Crippen LogP contribution in [0.15, 0.2) is 12.1 Å². The van der Waals surface area contributed by atoms with Gasteiger partial charge in [0.2, 0.25) is 0 Å². The van der Waals surface area contributed by atoms with Gasteiger partial charge in [-0.2, -0.15) is 18.4 Å². The number of nitriles is 1. The summed E-state index contributed by atoms with van der Waals surface area (Å²) in [6.07, 6.45) is -4.79. The fourth-order valence-electron chi connectivity index (χ4n) is 1.44. The SMILES string of the molecule is COC(=O)c1cc(CBr)cc(C#N)c1C(F)(F)F. The first kappa shape index (κ1) is 14.5. The second-order valence-electron chi connectivity index (χ2n) is 3.30. The quantitative estimate of drug-likeness (QED) is 0.620. The Bertz CT molecular complexity index is 520. The Balaban J connectivity index is 3.64. The average molecular weight is 322 g/mol. The molecule has 96 valence electrons. The molecule has 0 N–H and O–H groups in total. The van der Waals surface area contributed by atoms with Crippen LogP contribution in [0.25, 0.3) is 0 Å². The Morgan fingerprint density at radius 1 is 1.50 bits per heavy atom. The number of ether oxygens (including phenoxy) is 1. The first-order valence-electron chi connectivity index (χ1n) is 4.63. The third-order valence-corrected chi connectivity index (χ3v) is 2.81. The van der Waals surface area contributed by atoms with Crippen LogP contribution in [0.4, 0.5) is 13.2 Å². The highest BCUT2D eigenvalue weighted by Crippen LogP contribution is 2.36. The zero-order valence-corrected chi connectivity index (χ0v) is 10.7. The van der Waals surface area contributed by atoms with Crippen LogP contribution < -0.4 is 0 Å². The summed E-state index contributed by atoms with van der Waals surface area (Å²) in [4.78, 5) is 11.4. The van der Waals surface area contributed by atoms with Crippen LogP contribution in [0, 0.1) is 11.3 Å². The van der Waals surface area contributed by atoms with Crippen LogP contribution in [0.1, 0.15) is 27.0 Å². The second-order valence-corrected chi connectivity index (χ2v) is 3.86. The molecule has 0 aliphatic rings. The van der Waals surface area contributed by atoms with Crippen molar-refractivity contribution in [2.45, 2.75) is 11.5 Å². The molecule has 0 saturated carbocycles. The summed E-state index contributed by atoms with van der Waals surface area (Å²) in [6.45, 7) is 0. The van der Waals surface area contributed by atoms with Crippen molar-refractivity contribution in [2.24, 2.45) is 0 Å². The third kappa shape index (κ3) is 2.82. The summed E-state index contributed by atoms with van der Waals surface area (Å²) < 4.78 is 42.9. The van der Waals surface area contributed by atoms with Crippen LogP contribution >= 0.6 is 15.9 Å². The predicted octanol–water partition coefficient (Wildman–Crippen LogP) is 3.26. The van der Waals surface area contributed by atoms with Crippen molar-refractivity contribution in [1.29, 1.82) is 5.26 Å². The van der Waals surface area contributed by atoms with Crippen LogP contribution in [0.3, 0.4) is 0 Å². The lowest BCUT2D eigenvalue weighted by Gasteiger charge is -2.14. The number of carbonyl (C=O) groups excluding carboxylic acids is 1. The molecule has 3 nitrogen and oxygen atoms in total. The topological polar surface area (TPSA) is 50.1 Å². The van der Waals surface area contributed by atoms with E-state index >= 15 is 0 Å². The molecule has 18 heavy (non-hydrogen) atoms. The van der Waals surface area contributed by atoms with Gasteiger partial charge in [-0.05, 0) is 17.7 Å². The lowest BCUT2D eigenvalue weighted by molar-refractivity contribution is -0.138. The minimum atomic E-state index is -4.79. The fourth-order valence-corrected chi connectivity index (χ4v) is 1.77. The summed E-state index contributed by atoms with van der Waals surface area (Å²) >= 11 is 3.06. The minimum Gasteiger partial charge on any atom is -0.465 e. The maximum absolute atomic E-state index is 12.9. The molecular weight excluding hydrogens is 315 g/mol. The Kier molecular flexibility index (Phi) is 4.35. The summed E-state index contributed by atoms with van der Waals surface area (Å²) in [6, 6.07) is 3.59. The molecule has 1 rings (SSSR count). The van der Waals surface area contributed by atoms with Gasteiger partial charge in [0.15, 0.2) is 0 Å². The summed E-state index contributed by atoms with van der Waals surface area (Å²) in [5.41, 5.74) is -2.13. The fraction of sp³-hybridized carbons (Fsp3) is 0.273. The number of esters is 1. The number of hydrogen-bond donors (Lipinski definition) is 0. The summed E-state index contributed by atoms with van der Waals surface area (Å²) in [5.74, 6) is -1.12. The zero-order valence-electron chi connectivity index (χ0n) is 9.14. The third-order valence-electron chi connectivity index (χ3n) is 2.16. The Morgan fingerprint density at radius 3 is 2.50 bits per heavy atom. The van der Waals surface area contributed by atoms with E-state index < -0.39 is 28.8 Å². The van der Waals surface area contributed by atoms with Crippen molar-refractivity contribution >= 4 is 21.9 Å². The molecule has 1 aromatic carbocycles. The lowest BCUT2D eigenvalue weighted by atomic mass is 9.98. The first-order valence-corrected chi connectivity index (χ1v) is 5.75. The Hall–Kier alpha value is -1.55. The molecule has 1 aromatic rings. The van der Waals surface area contributed by atoms with Gasteiger partial charge in [0.05, 0.1) is 29.9 Å². The molecule has 0 amide bonds. The van der Waals surface area contributed by atoms with Crippen LogP contribution in [-0.2, 0) is 16.2 Å². The maximum atomic E-state index is 12.9. The van der Waals surface area contributed by atoms with E-state index in [-0.39, 0.29) is 5.33 Å². The van der Waals surface area contributed by atoms with Gasteiger partial charge in [-0.15, -0.1) is 0 Å². The number of rotatable bonds is 2. The van der Waals surface area contributed by atoms with E-state index in [9.17, 15) is 18.0 Å². The number of methoxy groups -OCH3 is 1. The molecule has 0 aliphatic heterocycles. The van der Waals surface area contributed by atoms with E-state index in [1.54, 1.807) is 0 Å². The van der Waals surface area contributed by atoms with Crippen molar-refractivity contribution in [2.75, 3.05) is 7.11 Å². The standard InChI is InChI=1S/C11H7BrF3NO2/c1-18-10(17)8-3-6(4-12)2-7(5-16)9(8)11(13,14)15/h2-3H,4H2,1H3. The normalized spacial score (nSPS) is 10.9. The van der Waals surface area contributed by atoms with Crippen molar-refractivity contribution < 1.29 is 22.7 Å². The van der Waals surface area contributed by atoms with Crippen LogP contribution in [-0.4, -0.2) is 13.1 Å². The molecular formula is C11H7BrF3NO2. The number of halogens is 4. The Labute approximate surface area is 109 Å². The van der Waals surface area contributed by atoms with E-state index in [0.717, 1.165) is 19.2 Å². The molecule has 0 bridgehead atoms. The van der Waals surface area contributed by atoms with Crippen LogP contribution in [0.5, 0.6) is 0 Å². The van der Waals surface area contributed by atoms with E-state index in [1.807, 2.05) is 0 Å². The van der Waals surface area contributed by atoms with Crippen molar-refractivity contribution in [1.82, 2.24) is 0 Å². The highest BCUT2D eigenvalue weighted by Gasteiger charge is 2.38. The van der Waals surface area contributed by atoms with Gasteiger partial charge in [0, 0.05) is 5.33 Å². The highest BCUT2D eigenvalue weighted by molar-refractivity contribution is 9.08. The van der Waals surface area contributed by atoms with Gasteiger partial charge in [0.25, 0.3) is 0 Å². The highest BCUT2D eigenvalue weighted by atomic mass is 79.9. The minimum absolute atomic E-state index is 0.226. The van der Waals surface area contributed by atoms with E-state index in [2.05, 4.69) is 20.7 Å². The van der Waals surface area contributed by atoms with Crippen molar-refractivity contribution in [3.05, 3.63) is 34.4 Å². The molecule has 0 saturated heterocycles. The Morgan fingerprint density at radius 2 is 2.11 bits per heavy atom. The molecule has 0 fully saturated rings. The van der Waals surface area contributed by atoms with Gasteiger partial charge in [-0.1, -0.05) is 15.9 Å². The van der Waals surface area contributed by atoms with Crippen molar-refractivity contribution in [3.8, 4) is 6.07 Å². The number of carbonyl (C=O) groups is 1. The molecule has 0 aromatic heterocycles. The zero-order chi connectivity index (χ0) is 13.9. The molecule has 0 aliphatic carbocycles. The van der Waals surface area contributed by atoms with Gasteiger partial charge in [0.1, 0.15) is 0 Å². The van der Waals surface area contributed by atoms with Crippen molar-refractivity contribution in [3.63, 3.8) is 0 Å². The maximum Gasteiger partial charge on any atom is 0.418 e. The van der Waals surface area contributed by atoms with Gasteiger partial charge >= 0.3 is 12.1 Å². The van der Waals surface area contributed by atoms with E-state index in [1.165, 1.54) is 6.07 Å². The van der Waals surface area contributed by atoms with Gasteiger partial charge in [-0.25, -0.2) is 4.79 Å². The smallest absolute Gasteiger partial charge is 0.418 e. The molecule has 0 unspecified atom stereocenters. The number of nitrogens with zero attached hydrogens (tertiary/aromatic N) is 1. The molecule has 0 heterocycles. The number of alkyl halides is 4. The summed E-state index contributed by atoms with van der Waals surface area (Å²) in [5, 5.41) is 8.99. The second kappa shape index (κ2) is 5.40. The monoisotopic (exact) mass is 321 g/mol. The first-order chi connectivity index (χ1) is 8.35. The van der Waals surface area contributed by atoms with Gasteiger partial charge in [-0.3, -0.25) is 0 Å². The molecule has 7 heteroatoms. The van der Waals surface area contributed by atoms with E-state index in [0.29, 0.717) is 5.56 Å². The molecule has 0 atom stereocenters. The van der Waals surface area contributed by atoms with E-state index in [4.69, 9.17) is 5.26 Å². The molecule has 0 radical (unpaired) electrons.